The monoisotopic (exact) mass is 443 g/mol. The molecule has 0 saturated carbocycles. The van der Waals surface area contributed by atoms with Crippen LogP contribution in [0, 0.1) is 5.92 Å². The highest BCUT2D eigenvalue weighted by molar-refractivity contribution is 5.93. The molecular weight excluding hydrogens is 414 g/mol. The van der Waals surface area contributed by atoms with Crippen LogP contribution in [0.25, 0.3) is 0 Å². The SMILES string of the molecule is COc1ccc(NC(=O)C2CCC(c3ccccc3)N(C(=O)NCc3ccccc3)C2)cc1. The summed E-state index contributed by atoms with van der Waals surface area (Å²) >= 11 is 0. The first-order chi connectivity index (χ1) is 16.1. The fourth-order valence-corrected chi connectivity index (χ4v) is 4.22. The van der Waals surface area contributed by atoms with E-state index < -0.39 is 0 Å². The van der Waals surface area contributed by atoms with Gasteiger partial charge in [-0.15, -0.1) is 0 Å². The van der Waals surface area contributed by atoms with Gasteiger partial charge in [0.15, 0.2) is 0 Å². The van der Waals surface area contributed by atoms with Gasteiger partial charge in [-0.1, -0.05) is 60.7 Å². The zero-order valence-corrected chi connectivity index (χ0v) is 18.7. The average molecular weight is 444 g/mol. The van der Waals surface area contributed by atoms with Crippen molar-refractivity contribution in [1.29, 1.82) is 0 Å². The minimum atomic E-state index is -0.283. The minimum absolute atomic E-state index is 0.0630. The lowest BCUT2D eigenvalue weighted by Gasteiger charge is -2.39. The summed E-state index contributed by atoms with van der Waals surface area (Å²) in [5, 5.41) is 6.01. The molecule has 1 saturated heterocycles. The third-order valence-corrected chi connectivity index (χ3v) is 6.04. The Morgan fingerprint density at radius 1 is 0.909 bits per heavy atom. The van der Waals surface area contributed by atoms with Gasteiger partial charge >= 0.3 is 6.03 Å². The first-order valence-electron chi connectivity index (χ1n) is 11.2. The number of rotatable bonds is 6. The zero-order valence-electron chi connectivity index (χ0n) is 18.7. The molecule has 0 bridgehead atoms. The molecule has 3 aromatic rings. The summed E-state index contributed by atoms with van der Waals surface area (Å²) in [6, 6.07) is 26.9. The fourth-order valence-electron chi connectivity index (χ4n) is 4.22. The summed E-state index contributed by atoms with van der Waals surface area (Å²) in [5.41, 5.74) is 2.83. The Bertz CT molecular complexity index is 1050. The molecule has 1 heterocycles. The standard InChI is InChI=1S/C27H29N3O3/c1-33-24-15-13-23(14-16-24)29-26(31)22-12-17-25(21-10-6-3-7-11-21)30(19-22)27(32)28-18-20-8-4-2-5-9-20/h2-11,13-16,22,25H,12,17-19H2,1H3,(H,28,32)(H,29,31). The van der Waals surface area contributed by atoms with Gasteiger partial charge in [0.1, 0.15) is 5.75 Å². The van der Waals surface area contributed by atoms with Gasteiger partial charge in [0, 0.05) is 18.8 Å². The van der Waals surface area contributed by atoms with Crippen LogP contribution in [0.1, 0.15) is 30.0 Å². The number of benzene rings is 3. The lowest BCUT2D eigenvalue weighted by molar-refractivity contribution is -0.121. The Hall–Kier alpha value is -3.80. The van der Waals surface area contributed by atoms with Gasteiger partial charge in [-0.3, -0.25) is 4.79 Å². The van der Waals surface area contributed by atoms with E-state index >= 15 is 0 Å². The van der Waals surface area contributed by atoms with E-state index in [2.05, 4.69) is 10.6 Å². The lowest BCUT2D eigenvalue weighted by Crippen LogP contribution is -2.49. The number of methoxy groups -OCH3 is 1. The molecule has 170 valence electrons. The molecule has 6 heteroatoms. The molecule has 1 fully saturated rings. The molecule has 0 spiro atoms. The van der Waals surface area contributed by atoms with Crippen molar-refractivity contribution in [1.82, 2.24) is 10.2 Å². The van der Waals surface area contributed by atoms with Crippen molar-refractivity contribution < 1.29 is 14.3 Å². The number of nitrogens with one attached hydrogen (secondary N) is 2. The van der Waals surface area contributed by atoms with E-state index in [0.717, 1.165) is 23.3 Å². The number of nitrogens with zero attached hydrogens (tertiary/aromatic N) is 1. The molecule has 4 rings (SSSR count). The number of carbonyl (C=O) groups is 2. The van der Waals surface area contributed by atoms with Crippen molar-refractivity contribution in [3.8, 4) is 5.75 Å². The molecule has 3 amide bonds. The topological polar surface area (TPSA) is 70.7 Å². The van der Waals surface area contributed by atoms with Crippen LogP contribution in [-0.4, -0.2) is 30.5 Å². The van der Waals surface area contributed by atoms with Crippen molar-refractivity contribution >= 4 is 17.6 Å². The Morgan fingerprint density at radius 3 is 2.24 bits per heavy atom. The van der Waals surface area contributed by atoms with Crippen LogP contribution in [-0.2, 0) is 11.3 Å². The van der Waals surface area contributed by atoms with Gasteiger partial charge in [0.05, 0.1) is 19.1 Å². The number of piperidine rings is 1. The summed E-state index contributed by atoms with van der Waals surface area (Å²) in [6.45, 7) is 0.808. The molecule has 33 heavy (non-hydrogen) atoms. The molecule has 2 N–H and O–H groups in total. The average Bonchev–Trinajstić information content (AvgIpc) is 2.88. The molecule has 1 aliphatic heterocycles. The Labute approximate surface area is 194 Å². The Kier molecular flexibility index (Phi) is 7.25. The number of ether oxygens (including phenoxy) is 1. The van der Waals surface area contributed by atoms with Crippen LogP contribution >= 0.6 is 0 Å². The maximum absolute atomic E-state index is 13.2. The third kappa shape index (κ3) is 5.71. The summed E-state index contributed by atoms with van der Waals surface area (Å²) < 4.78 is 5.18. The van der Waals surface area contributed by atoms with Crippen molar-refractivity contribution in [3.05, 3.63) is 96.1 Å². The van der Waals surface area contributed by atoms with Gasteiger partial charge in [0.2, 0.25) is 5.91 Å². The number of amides is 3. The maximum Gasteiger partial charge on any atom is 0.318 e. The highest BCUT2D eigenvalue weighted by atomic mass is 16.5. The Balaban J connectivity index is 1.46. The molecule has 6 nitrogen and oxygen atoms in total. The first kappa shape index (κ1) is 22.4. The second-order valence-corrected chi connectivity index (χ2v) is 8.22. The first-order valence-corrected chi connectivity index (χ1v) is 11.2. The number of hydrogen-bond donors (Lipinski definition) is 2. The number of urea groups is 1. The maximum atomic E-state index is 13.2. The largest absolute Gasteiger partial charge is 0.497 e. The van der Waals surface area contributed by atoms with Crippen LogP contribution in [0.4, 0.5) is 10.5 Å². The normalized spacial score (nSPS) is 17.8. The van der Waals surface area contributed by atoms with Gasteiger partial charge in [-0.05, 0) is 48.2 Å². The lowest BCUT2D eigenvalue weighted by atomic mass is 9.88. The molecule has 0 radical (unpaired) electrons. The highest BCUT2D eigenvalue weighted by Crippen LogP contribution is 2.34. The summed E-state index contributed by atoms with van der Waals surface area (Å²) in [7, 11) is 1.61. The van der Waals surface area contributed by atoms with E-state index in [4.69, 9.17) is 4.74 Å². The van der Waals surface area contributed by atoms with Crippen molar-refractivity contribution in [2.24, 2.45) is 5.92 Å². The molecular formula is C27H29N3O3. The molecule has 1 aliphatic rings. The van der Waals surface area contributed by atoms with Crippen molar-refractivity contribution in [3.63, 3.8) is 0 Å². The van der Waals surface area contributed by atoms with Crippen LogP contribution in [0.5, 0.6) is 5.75 Å². The van der Waals surface area contributed by atoms with Crippen molar-refractivity contribution in [2.45, 2.75) is 25.4 Å². The van der Waals surface area contributed by atoms with Gasteiger partial charge in [-0.25, -0.2) is 4.79 Å². The van der Waals surface area contributed by atoms with Crippen molar-refractivity contribution in [2.75, 3.05) is 19.0 Å². The molecule has 0 aliphatic carbocycles. The van der Waals surface area contributed by atoms with Crippen LogP contribution in [0.15, 0.2) is 84.9 Å². The highest BCUT2D eigenvalue weighted by Gasteiger charge is 2.35. The van der Waals surface area contributed by atoms with E-state index in [-0.39, 0.29) is 23.9 Å². The summed E-state index contributed by atoms with van der Waals surface area (Å²) in [6.07, 6.45) is 1.44. The number of carbonyl (C=O) groups excluding carboxylic acids is 2. The van der Waals surface area contributed by atoms with Gasteiger partial charge < -0.3 is 20.3 Å². The number of anilines is 1. The predicted octanol–water partition coefficient (Wildman–Crippen LogP) is 5.00. The van der Waals surface area contributed by atoms with E-state index in [9.17, 15) is 9.59 Å². The second-order valence-electron chi connectivity index (χ2n) is 8.22. The van der Waals surface area contributed by atoms with E-state index in [1.165, 1.54) is 0 Å². The van der Waals surface area contributed by atoms with Gasteiger partial charge in [-0.2, -0.15) is 0 Å². The Morgan fingerprint density at radius 2 is 1.58 bits per heavy atom. The zero-order chi connectivity index (χ0) is 23.0. The van der Waals surface area contributed by atoms with Crippen LogP contribution in [0.3, 0.4) is 0 Å². The number of hydrogen-bond acceptors (Lipinski definition) is 3. The quantitative estimate of drug-likeness (QED) is 0.563. The van der Waals surface area contributed by atoms with Crippen LogP contribution < -0.4 is 15.4 Å². The van der Waals surface area contributed by atoms with Crippen LogP contribution in [0.2, 0.25) is 0 Å². The molecule has 3 aromatic carbocycles. The second kappa shape index (κ2) is 10.7. The predicted molar refractivity (Wildman–Crippen MR) is 129 cm³/mol. The smallest absolute Gasteiger partial charge is 0.318 e. The molecule has 2 unspecified atom stereocenters. The third-order valence-electron chi connectivity index (χ3n) is 6.04. The van der Waals surface area contributed by atoms with E-state index in [1.807, 2.05) is 84.9 Å². The number of likely N-dealkylation sites (tertiary alicyclic amines) is 1. The molecule has 2 atom stereocenters. The fraction of sp³-hybridized carbons (Fsp3) is 0.259. The van der Waals surface area contributed by atoms with Gasteiger partial charge in [0.25, 0.3) is 0 Å². The van der Waals surface area contributed by atoms with E-state index in [1.54, 1.807) is 12.0 Å². The minimum Gasteiger partial charge on any atom is -0.497 e. The molecule has 0 aromatic heterocycles. The van der Waals surface area contributed by atoms with E-state index in [0.29, 0.717) is 25.2 Å². The summed E-state index contributed by atoms with van der Waals surface area (Å²) in [5.74, 6) is 0.375. The summed E-state index contributed by atoms with van der Waals surface area (Å²) in [4.78, 5) is 28.0.